The molecule has 1 aromatic heterocycles. The van der Waals surface area contributed by atoms with Crippen molar-refractivity contribution < 1.29 is 9.53 Å². The molecule has 0 bridgehead atoms. The number of ether oxygens (including phenoxy) is 1. The summed E-state index contributed by atoms with van der Waals surface area (Å²) < 4.78 is 5.11. The van der Waals surface area contributed by atoms with Crippen LogP contribution in [-0.4, -0.2) is 29.4 Å². The summed E-state index contributed by atoms with van der Waals surface area (Å²) in [6.45, 7) is 4.40. The minimum atomic E-state index is -0.347. The summed E-state index contributed by atoms with van der Waals surface area (Å²) in [5.41, 5.74) is 6.69. The minimum absolute atomic E-state index is 0.347. The molecule has 3 aromatic rings. The summed E-state index contributed by atoms with van der Waals surface area (Å²) in [6, 6.07) is 17.3. The van der Waals surface area contributed by atoms with E-state index in [1.807, 2.05) is 36.4 Å². The predicted octanol–water partition coefficient (Wildman–Crippen LogP) is 4.05. The van der Waals surface area contributed by atoms with Crippen molar-refractivity contribution in [2.24, 2.45) is 11.0 Å². The van der Waals surface area contributed by atoms with E-state index in [-0.39, 0.29) is 5.91 Å². The van der Waals surface area contributed by atoms with Crippen LogP contribution >= 0.6 is 0 Å². The highest BCUT2D eigenvalue weighted by Crippen LogP contribution is 2.19. The molecule has 1 amide bonds. The number of aromatic nitrogens is 2. The zero-order chi connectivity index (χ0) is 19.9. The number of amides is 1. The third kappa shape index (κ3) is 5.07. The van der Waals surface area contributed by atoms with Crippen LogP contribution in [0.1, 0.15) is 35.5 Å². The number of rotatable bonds is 7. The molecule has 0 fully saturated rings. The fraction of sp³-hybridized carbons (Fsp3) is 0.227. The highest BCUT2D eigenvalue weighted by molar-refractivity contribution is 5.94. The maximum absolute atomic E-state index is 12.2. The van der Waals surface area contributed by atoms with Gasteiger partial charge in [0, 0.05) is 5.56 Å². The van der Waals surface area contributed by atoms with Gasteiger partial charge in [0.15, 0.2) is 0 Å². The molecule has 3 rings (SSSR count). The van der Waals surface area contributed by atoms with E-state index < -0.39 is 0 Å². The Morgan fingerprint density at radius 1 is 1.18 bits per heavy atom. The number of benzene rings is 2. The van der Waals surface area contributed by atoms with Crippen molar-refractivity contribution in [2.75, 3.05) is 7.11 Å². The molecule has 0 saturated heterocycles. The van der Waals surface area contributed by atoms with Crippen LogP contribution in [0.15, 0.2) is 59.7 Å². The normalized spacial score (nSPS) is 11.1. The van der Waals surface area contributed by atoms with Gasteiger partial charge in [-0.25, -0.2) is 5.43 Å². The highest BCUT2D eigenvalue weighted by Gasteiger charge is 2.10. The monoisotopic (exact) mass is 376 g/mol. The quantitative estimate of drug-likeness (QED) is 0.482. The van der Waals surface area contributed by atoms with Crippen LogP contribution in [0.3, 0.4) is 0 Å². The molecule has 0 saturated carbocycles. The number of methoxy groups -OCH3 is 1. The maximum Gasteiger partial charge on any atom is 0.289 e. The number of carbonyl (C=O) groups is 1. The van der Waals surface area contributed by atoms with Crippen molar-refractivity contribution >= 4 is 12.1 Å². The molecule has 0 aliphatic heterocycles. The predicted molar refractivity (Wildman–Crippen MR) is 111 cm³/mol. The molecular formula is C22H24N4O2. The molecule has 144 valence electrons. The fourth-order valence-electron chi connectivity index (χ4n) is 2.78. The van der Waals surface area contributed by atoms with E-state index in [2.05, 4.69) is 46.7 Å². The Bertz CT molecular complexity index is 941. The van der Waals surface area contributed by atoms with Gasteiger partial charge in [-0.2, -0.15) is 10.2 Å². The second-order valence-electron chi connectivity index (χ2n) is 6.93. The Hall–Kier alpha value is -3.41. The summed E-state index contributed by atoms with van der Waals surface area (Å²) in [7, 11) is 1.61. The van der Waals surface area contributed by atoms with Crippen LogP contribution < -0.4 is 10.2 Å². The molecular weight excluding hydrogens is 352 g/mol. The van der Waals surface area contributed by atoms with Gasteiger partial charge in [0.1, 0.15) is 11.4 Å². The van der Waals surface area contributed by atoms with Crippen molar-refractivity contribution in [3.63, 3.8) is 0 Å². The first-order valence-corrected chi connectivity index (χ1v) is 9.17. The molecule has 6 nitrogen and oxygen atoms in total. The van der Waals surface area contributed by atoms with Crippen molar-refractivity contribution in [1.82, 2.24) is 15.6 Å². The molecule has 0 unspecified atom stereocenters. The Balaban J connectivity index is 1.61. The molecule has 0 spiro atoms. The van der Waals surface area contributed by atoms with Crippen LogP contribution in [0.25, 0.3) is 11.3 Å². The molecule has 0 atom stereocenters. The summed E-state index contributed by atoms with van der Waals surface area (Å²) in [5, 5.41) is 11.0. The van der Waals surface area contributed by atoms with Gasteiger partial charge in [-0.05, 0) is 53.8 Å². The van der Waals surface area contributed by atoms with Crippen LogP contribution in [0.2, 0.25) is 0 Å². The number of nitrogens with one attached hydrogen (secondary N) is 2. The largest absolute Gasteiger partial charge is 0.497 e. The summed E-state index contributed by atoms with van der Waals surface area (Å²) in [4.78, 5) is 12.2. The highest BCUT2D eigenvalue weighted by atomic mass is 16.5. The van der Waals surface area contributed by atoms with E-state index in [0.29, 0.717) is 11.6 Å². The number of carbonyl (C=O) groups excluding carboxylic acids is 1. The van der Waals surface area contributed by atoms with Gasteiger partial charge >= 0.3 is 0 Å². The zero-order valence-electron chi connectivity index (χ0n) is 16.3. The van der Waals surface area contributed by atoms with Crippen LogP contribution in [0.5, 0.6) is 5.75 Å². The van der Waals surface area contributed by atoms with E-state index in [1.54, 1.807) is 19.4 Å². The topological polar surface area (TPSA) is 79.4 Å². The Labute approximate surface area is 164 Å². The summed E-state index contributed by atoms with van der Waals surface area (Å²) >= 11 is 0. The van der Waals surface area contributed by atoms with E-state index >= 15 is 0 Å². The molecule has 2 N–H and O–H groups in total. The van der Waals surface area contributed by atoms with Crippen LogP contribution in [-0.2, 0) is 6.42 Å². The van der Waals surface area contributed by atoms with E-state index in [0.717, 1.165) is 29.0 Å². The summed E-state index contributed by atoms with van der Waals surface area (Å²) in [6.07, 6.45) is 2.61. The first-order valence-electron chi connectivity index (χ1n) is 9.17. The minimum Gasteiger partial charge on any atom is -0.497 e. The molecule has 0 aliphatic carbocycles. The first kappa shape index (κ1) is 19.4. The van der Waals surface area contributed by atoms with Crippen LogP contribution in [0.4, 0.5) is 0 Å². The van der Waals surface area contributed by atoms with Crippen molar-refractivity contribution in [2.45, 2.75) is 20.3 Å². The van der Waals surface area contributed by atoms with Gasteiger partial charge < -0.3 is 4.74 Å². The second kappa shape index (κ2) is 8.99. The van der Waals surface area contributed by atoms with E-state index in [4.69, 9.17) is 4.74 Å². The SMILES string of the molecule is COc1ccc(C=NNC(=O)c2cc(-c3ccc(CC(C)C)cc3)n[nH]2)cc1. The van der Waals surface area contributed by atoms with Crippen LogP contribution in [0, 0.1) is 5.92 Å². The Morgan fingerprint density at radius 2 is 1.89 bits per heavy atom. The smallest absolute Gasteiger partial charge is 0.289 e. The third-order valence-corrected chi connectivity index (χ3v) is 4.21. The van der Waals surface area contributed by atoms with Gasteiger partial charge in [0.05, 0.1) is 19.0 Å². The van der Waals surface area contributed by atoms with Crippen molar-refractivity contribution in [3.8, 4) is 17.0 Å². The van der Waals surface area contributed by atoms with Gasteiger partial charge in [-0.1, -0.05) is 38.1 Å². The number of H-pyrrole nitrogens is 1. The number of hydrogen-bond acceptors (Lipinski definition) is 4. The Kier molecular flexibility index (Phi) is 6.22. The van der Waals surface area contributed by atoms with E-state index in [1.165, 1.54) is 5.56 Å². The second-order valence-corrected chi connectivity index (χ2v) is 6.93. The average Bonchev–Trinajstić information content (AvgIpc) is 3.19. The first-order chi connectivity index (χ1) is 13.5. The summed E-state index contributed by atoms with van der Waals surface area (Å²) in [5.74, 6) is 1.04. The van der Waals surface area contributed by atoms with Crippen molar-refractivity contribution in [3.05, 3.63) is 71.4 Å². The van der Waals surface area contributed by atoms with Crippen molar-refractivity contribution in [1.29, 1.82) is 0 Å². The van der Waals surface area contributed by atoms with Gasteiger partial charge in [0.25, 0.3) is 5.91 Å². The number of hydrogen-bond donors (Lipinski definition) is 2. The lowest BCUT2D eigenvalue weighted by atomic mass is 10.0. The lowest BCUT2D eigenvalue weighted by molar-refractivity contribution is 0.0950. The molecule has 0 radical (unpaired) electrons. The lowest BCUT2D eigenvalue weighted by Crippen LogP contribution is -2.17. The number of nitrogens with zero attached hydrogens (tertiary/aromatic N) is 2. The molecule has 0 aliphatic rings. The van der Waals surface area contributed by atoms with Gasteiger partial charge in [0.2, 0.25) is 0 Å². The molecule has 2 aromatic carbocycles. The fourth-order valence-corrected chi connectivity index (χ4v) is 2.78. The Morgan fingerprint density at radius 3 is 2.54 bits per heavy atom. The van der Waals surface area contributed by atoms with Gasteiger partial charge in [-0.3, -0.25) is 9.89 Å². The van der Waals surface area contributed by atoms with E-state index in [9.17, 15) is 4.79 Å². The number of aromatic amines is 1. The maximum atomic E-state index is 12.2. The average molecular weight is 376 g/mol. The van der Waals surface area contributed by atoms with Gasteiger partial charge in [-0.15, -0.1) is 0 Å². The number of hydrazone groups is 1. The lowest BCUT2D eigenvalue weighted by Gasteiger charge is -2.05. The zero-order valence-corrected chi connectivity index (χ0v) is 16.3. The molecule has 1 heterocycles. The molecule has 6 heteroatoms. The standard InChI is InChI=1S/C22H24N4O2/c1-15(2)12-16-4-8-18(9-5-16)20-13-21(25-24-20)22(27)26-23-14-17-6-10-19(28-3)11-7-17/h4-11,13-15H,12H2,1-3H3,(H,24,25)(H,26,27). The molecule has 28 heavy (non-hydrogen) atoms. The third-order valence-electron chi connectivity index (χ3n) is 4.21.